The summed E-state index contributed by atoms with van der Waals surface area (Å²) < 4.78 is 41.4. The number of carbonyl (C=O) groups excluding carboxylic acids is 1. The van der Waals surface area contributed by atoms with E-state index in [-0.39, 0.29) is 36.2 Å². The second-order valence-electron chi connectivity index (χ2n) is 7.48. The van der Waals surface area contributed by atoms with Crippen LogP contribution in [0.25, 0.3) is 0 Å². The second-order valence-corrected chi connectivity index (χ2v) is 7.48. The summed E-state index contributed by atoms with van der Waals surface area (Å²) in [7, 11) is -2.75. The van der Waals surface area contributed by atoms with Crippen molar-refractivity contribution in [2.75, 3.05) is 19.0 Å². The summed E-state index contributed by atoms with van der Waals surface area (Å²) in [5.74, 6) is -0.542. The number of hydrogen-bond acceptors (Lipinski definition) is 5. The van der Waals surface area contributed by atoms with Gasteiger partial charge in [0.15, 0.2) is 0 Å². The largest absolute Gasteiger partial charge is 0.396 e. The van der Waals surface area contributed by atoms with Crippen LogP contribution in [-0.4, -0.2) is 47.5 Å². The third-order valence-electron chi connectivity index (χ3n) is 5.07. The second kappa shape index (κ2) is 8.77. The van der Waals surface area contributed by atoms with Gasteiger partial charge in [-0.15, -0.1) is 0 Å². The molecule has 2 rings (SSSR count). The van der Waals surface area contributed by atoms with Crippen LogP contribution in [0.3, 0.4) is 0 Å². The Morgan fingerprint density at radius 1 is 1.62 bits per heavy atom. The molecular formula is C19H30FN3O3. The molecular weight excluding hydrogens is 337 g/mol. The summed E-state index contributed by atoms with van der Waals surface area (Å²) in [6.07, 6.45) is 2.98. The van der Waals surface area contributed by atoms with Gasteiger partial charge in [-0.3, -0.25) is 9.78 Å². The Morgan fingerprint density at radius 3 is 3.04 bits per heavy atom. The fraction of sp³-hybridized carbons (Fsp3) is 0.684. The van der Waals surface area contributed by atoms with Crippen molar-refractivity contribution in [1.82, 2.24) is 4.98 Å². The minimum atomic E-state index is -2.75. The Labute approximate surface area is 158 Å². The van der Waals surface area contributed by atoms with Gasteiger partial charge in [-0.05, 0) is 45.1 Å². The summed E-state index contributed by atoms with van der Waals surface area (Å²) in [5, 5.41) is 12.7. The molecule has 1 heterocycles. The van der Waals surface area contributed by atoms with E-state index in [9.17, 15) is 14.3 Å². The summed E-state index contributed by atoms with van der Waals surface area (Å²) >= 11 is 0. The SMILES string of the molecule is [2H]C([2H])([2H])OC(C)(C)[C@H](F)Cc1nccc(NC2CCCC(CO)C2)c1C(N)=O. The Bertz CT molecular complexity index is 716. The first-order chi connectivity index (χ1) is 13.4. The minimum absolute atomic E-state index is 0.0609. The van der Waals surface area contributed by atoms with E-state index in [0.717, 1.165) is 25.7 Å². The molecule has 0 spiro atoms. The number of alkyl halides is 1. The summed E-state index contributed by atoms with van der Waals surface area (Å²) in [5.41, 5.74) is 4.65. The van der Waals surface area contributed by atoms with Crippen molar-refractivity contribution in [3.8, 4) is 0 Å². The Kier molecular flexibility index (Phi) is 5.55. The number of halogens is 1. The number of pyridine rings is 1. The normalized spacial score (nSPS) is 24.2. The van der Waals surface area contributed by atoms with Crippen LogP contribution in [0.4, 0.5) is 10.1 Å². The van der Waals surface area contributed by atoms with E-state index in [2.05, 4.69) is 10.3 Å². The molecule has 4 N–H and O–H groups in total. The number of carbonyl (C=O) groups is 1. The first-order valence-electron chi connectivity index (χ1n) is 10.4. The molecule has 2 unspecified atom stereocenters. The minimum Gasteiger partial charge on any atom is -0.396 e. The summed E-state index contributed by atoms with van der Waals surface area (Å²) in [6, 6.07) is 1.68. The van der Waals surface area contributed by atoms with Gasteiger partial charge < -0.3 is 20.9 Å². The highest BCUT2D eigenvalue weighted by Gasteiger charge is 2.32. The molecule has 26 heavy (non-hydrogen) atoms. The molecule has 7 heteroatoms. The maximum atomic E-state index is 14.9. The van der Waals surface area contributed by atoms with E-state index in [1.165, 1.54) is 20.0 Å². The number of primary amides is 1. The predicted molar refractivity (Wildman–Crippen MR) is 98.9 cm³/mol. The van der Waals surface area contributed by atoms with E-state index >= 15 is 0 Å². The third-order valence-corrected chi connectivity index (χ3v) is 5.07. The lowest BCUT2D eigenvalue weighted by atomic mass is 9.86. The van der Waals surface area contributed by atoms with Crippen molar-refractivity contribution in [2.45, 2.75) is 63.8 Å². The molecule has 0 bridgehead atoms. The molecule has 1 aromatic heterocycles. The molecule has 1 aliphatic carbocycles. The van der Waals surface area contributed by atoms with Gasteiger partial charge in [-0.1, -0.05) is 6.42 Å². The van der Waals surface area contributed by atoms with Crippen molar-refractivity contribution in [1.29, 1.82) is 0 Å². The monoisotopic (exact) mass is 370 g/mol. The Hall–Kier alpha value is -1.73. The number of ether oxygens (including phenoxy) is 1. The summed E-state index contributed by atoms with van der Waals surface area (Å²) in [6.45, 7) is 2.80. The van der Waals surface area contributed by atoms with Crippen LogP contribution in [0.15, 0.2) is 12.3 Å². The van der Waals surface area contributed by atoms with E-state index in [1.54, 1.807) is 6.07 Å². The average molecular weight is 370 g/mol. The number of hydrogen-bond donors (Lipinski definition) is 3. The number of aliphatic hydroxyl groups excluding tert-OH is 1. The molecule has 1 amide bonds. The van der Waals surface area contributed by atoms with E-state index < -0.39 is 24.7 Å². The number of nitrogens with two attached hydrogens (primary N) is 1. The fourth-order valence-electron chi connectivity index (χ4n) is 3.34. The lowest BCUT2D eigenvalue weighted by Crippen LogP contribution is -2.37. The molecule has 146 valence electrons. The average Bonchev–Trinajstić information content (AvgIpc) is 2.59. The quantitative estimate of drug-likeness (QED) is 0.653. The molecule has 0 saturated heterocycles. The number of rotatable bonds is 8. The zero-order valence-electron chi connectivity index (χ0n) is 18.3. The predicted octanol–water partition coefficient (Wildman–Crippen LogP) is 2.45. The first-order valence-corrected chi connectivity index (χ1v) is 8.92. The van der Waals surface area contributed by atoms with Crippen LogP contribution in [0.2, 0.25) is 0 Å². The van der Waals surface area contributed by atoms with Crippen LogP contribution in [0, 0.1) is 5.92 Å². The van der Waals surface area contributed by atoms with Gasteiger partial charge in [-0.25, -0.2) is 4.39 Å². The van der Waals surface area contributed by atoms with Gasteiger partial charge in [0.2, 0.25) is 0 Å². The molecule has 6 nitrogen and oxygen atoms in total. The third kappa shape index (κ3) is 4.92. The maximum absolute atomic E-state index is 14.9. The van der Waals surface area contributed by atoms with Crippen LogP contribution >= 0.6 is 0 Å². The maximum Gasteiger partial charge on any atom is 0.252 e. The van der Waals surface area contributed by atoms with E-state index in [0.29, 0.717) is 5.69 Å². The molecule has 0 aromatic carbocycles. The number of aliphatic hydroxyl groups is 1. The molecule has 0 aliphatic heterocycles. The number of anilines is 1. The van der Waals surface area contributed by atoms with Gasteiger partial charge in [-0.2, -0.15) is 0 Å². The molecule has 1 saturated carbocycles. The Morgan fingerprint density at radius 2 is 2.38 bits per heavy atom. The van der Waals surface area contributed by atoms with Gasteiger partial charge >= 0.3 is 0 Å². The summed E-state index contributed by atoms with van der Waals surface area (Å²) in [4.78, 5) is 16.2. The van der Waals surface area contributed by atoms with Gasteiger partial charge in [0.25, 0.3) is 5.91 Å². The molecule has 1 aromatic rings. The molecule has 0 radical (unpaired) electrons. The zero-order valence-corrected chi connectivity index (χ0v) is 15.3. The number of nitrogens with zero attached hydrogens (tertiary/aromatic N) is 1. The highest BCUT2D eigenvalue weighted by atomic mass is 19.1. The lowest BCUT2D eigenvalue weighted by Gasteiger charge is -2.30. The highest BCUT2D eigenvalue weighted by molar-refractivity contribution is 5.99. The fourth-order valence-corrected chi connectivity index (χ4v) is 3.34. The lowest BCUT2D eigenvalue weighted by molar-refractivity contribution is -0.0418. The number of amides is 1. The van der Waals surface area contributed by atoms with Gasteiger partial charge in [0.05, 0.1) is 26.7 Å². The molecule has 1 aliphatic rings. The topological polar surface area (TPSA) is 97.5 Å². The molecule has 1 fully saturated rings. The van der Waals surface area contributed by atoms with Crippen molar-refractivity contribution < 1.29 is 23.1 Å². The number of aromatic nitrogens is 1. The van der Waals surface area contributed by atoms with Gasteiger partial charge in [0, 0.05) is 32.3 Å². The van der Waals surface area contributed by atoms with Crippen molar-refractivity contribution in [3.63, 3.8) is 0 Å². The van der Waals surface area contributed by atoms with Crippen LogP contribution in [0.1, 0.15) is 59.7 Å². The smallest absolute Gasteiger partial charge is 0.252 e. The van der Waals surface area contributed by atoms with E-state index in [1.807, 2.05) is 0 Å². The van der Waals surface area contributed by atoms with Crippen molar-refractivity contribution in [3.05, 3.63) is 23.5 Å². The van der Waals surface area contributed by atoms with Crippen molar-refractivity contribution in [2.24, 2.45) is 11.7 Å². The first kappa shape index (κ1) is 16.4. The number of methoxy groups -OCH3 is 1. The van der Waals surface area contributed by atoms with Gasteiger partial charge in [0.1, 0.15) is 6.17 Å². The molecule has 3 atom stereocenters. The Balaban J connectivity index is 2.23. The van der Waals surface area contributed by atoms with Crippen molar-refractivity contribution >= 4 is 11.6 Å². The number of nitrogens with one attached hydrogen (secondary N) is 1. The van der Waals surface area contributed by atoms with E-state index in [4.69, 9.17) is 14.6 Å². The van der Waals surface area contributed by atoms with Crippen LogP contribution in [0.5, 0.6) is 0 Å². The van der Waals surface area contributed by atoms with Crippen LogP contribution < -0.4 is 11.1 Å². The highest BCUT2D eigenvalue weighted by Crippen LogP contribution is 2.29. The zero-order chi connectivity index (χ0) is 21.8. The standard InChI is InChI=1S/C19H30FN3O3/c1-19(2,26-3)16(20)10-15-17(18(21)25)14(7-8-22-15)23-13-6-4-5-12(9-13)11-24/h7-8,12-13,16,24H,4-6,9-11H2,1-3H3,(H2,21,25)(H,22,23)/t12?,13?,16-/m1/s1/i3D3. The van der Waals surface area contributed by atoms with Crippen LogP contribution in [-0.2, 0) is 11.2 Å².